The summed E-state index contributed by atoms with van der Waals surface area (Å²) in [7, 11) is 0. The number of amidine groups is 1. The van der Waals surface area contributed by atoms with Crippen molar-refractivity contribution in [2.24, 2.45) is 10.9 Å². The average molecular weight is 398 g/mol. The van der Waals surface area contributed by atoms with Crippen LogP contribution in [0.15, 0.2) is 52.1 Å². The van der Waals surface area contributed by atoms with E-state index in [-0.39, 0.29) is 18.4 Å². The first kappa shape index (κ1) is 19.6. The van der Waals surface area contributed by atoms with Crippen molar-refractivity contribution in [3.63, 3.8) is 0 Å². The lowest BCUT2D eigenvalue weighted by Crippen LogP contribution is -2.46. The SMILES string of the molecule is CC(C)C(C(=O)N1CC(O)CC1C1=NC(C)(c2ccccc2)ON1)c1ccno1. The number of aliphatic hydroxyl groups excluding tert-OH is 1. The van der Waals surface area contributed by atoms with Crippen molar-refractivity contribution >= 4 is 11.7 Å². The van der Waals surface area contributed by atoms with Crippen LogP contribution in [0.2, 0.25) is 0 Å². The zero-order valence-corrected chi connectivity index (χ0v) is 16.8. The number of likely N-dealkylation sites (tertiary alicyclic amines) is 1. The minimum absolute atomic E-state index is 0.0122. The zero-order chi connectivity index (χ0) is 20.6. The maximum Gasteiger partial charge on any atom is 0.234 e. The van der Waals surface area contributed by atoms with Gasteiger partial charge < -0.3 is 14.5 Å². The number of hydrogen-bond acceptors (Lipinski definition) is 7. The minimum Gasteiger partial charge on any atom is -0.391 e. The maximum absolute atomic E-state index is 13.4. The number of nitrogens with zero attached hydrogens (tertiary/aromatic N) is 3. The molecule has 0 saturated carbocycles. The number of carbonyl (C=O) groups excluding carboxylic acids is 1. The van der Waals surface area contributed by atoms with Crippen LogP contribution in [0.1, 0.15) is 44.4 Å². The molecule has 1 fully saturated rings. The number of carbonyl (C=O) groups is 1. The van der Waals surface area contributed by atoms with Crippen molar-refractivity contribution in [1.82, 2.24) is 15.5 Å². The summed E-state index contributed by atoms with van der Waals surface area (Å²) in [5, 5.41) is 14.1. The van der Waals surface area contributed by atoms with Gasteiger partial charge in [-0.3, -0.25) is 4.79 Å². The van der Waals surface area contributed by atoms with Gasteiger partial charge in [0.05, 0.1) is 18.3 Å². The van der Waals surface area contributed by atoms with Gasteiger partial charge in [0, 0.05) is 24.6 Å². The molecule has 3 heterocycles. The topological polar surface area (TPSA) is 100 Å². The smallest absolute Gasteiger partial charge is 0.234 e. The van der Waals surface area contributed by atoms with Gasteiger partial charge in [0.25, 0.3) is 0 Å². The first-order chi connectivity index (χ1) is 13.9. The lowest BCUT2D eigenvalue weighted by atomic mass is 9.91. The number of nitrogens with one attached hydrogen (secondary N) is 1. The molecule has 8 nitrogen and oxygen atoms in total. The van der Waals surface area contributed by atoms with Crippen LogP contribution >= 0.6 is 0 Å². The van der Waals surface area contributed by atoms with Gasteiger partial charge in [0.2, 0.25) is 11.6 Å². The monoisotopic (exact) mass is 398 g/mol. The van der Waals surface area contributed by atoms with Crippen LogP contribution in [0.4, 0.5) is 0 Å². The molecule has 2 aliphatic heterocycles. The summed E-state index contributed by atoms with van der Waals surface area (Å²) in [5.41, 5.74) is 2.92. The van der Waals surface area contributed by atoms with E-state index in [9.17, 15) is 9.90 Å². The fourth-order valence-electron chi connectivity index (χ4n) is 4.06. The van der Waals surface area contributed by atoms with Crippen LogP contribution in [0.3, 0.4) is 0 Å². The average Bonchev–Trinajstić information content (AvgIpc) is 3.43. The largest absolute Gasteiger partial charge is 0.391 e. The Hall–Kier alpha value is -2.71. The van der Waals surface area contributed by atoms with E-state index in [1.807, 2.05) is 51.1 Å². The van der Waals surface area contributed by atoms with Crippen molar-refractivity contribution in [3.05, 3.63) is 53.9 Å². The molecule has 2 aliphatic rings. The Labute approximate surface area is 169 Å². The third kappa shape index (κ3) is 3.65. The molecule has 0 spiro atoms. The highest BCUT2D eigenvalue weighted by molar-refractivity contribution is 5.94. The van der Waals surface area contributed by atoms with E-state index < -0.39 is 23.8 Å². The molecule has 29 heavy (non-hydrogen) atoms. The summed E-state index contributed by atoms with van der Waals surface area (Å²) in [6.07, 6.45) is 1.31. The Kier molecular flexibility index (Phi) is 5.14. The molecule has 1 aromatic heterocycles. The lowest BCUT2D eigenvalue weighted by Gasteiger charge is -2.29. The number of aromatic nitrogens is 1. The molecule has 0 bridgehead atoms. The molecular formula is C21H26N4O4. The second-order valence-electron chi connectivity index (χ2n) is 8.08. The molecule has 4 atom stereocenters. The number of aliphatic imine (C=N–C) groups is 1. The summed E-state index contributed by atoms with van der Waals surface area (Å²) < 4.78 is 5.29. The minimum atomic E-state index is -0.888. The van der Waals surface area contributed by atoms with E-state index in [0.29, 0.717) is 18.0 Å². The van der Waals surface area contributed by atoms with Gasteiger partial charge >= 0.3 is 0 Å². The third-order valence-corrected chi connectivity index (χ3v) is 5.57. The standard InChI is InChI=1S/C21H26N4O4/c1-13(2)18(17-9-10-22-28-17)20(27)25-12-15(26)11-16(25)19-23-21(3,29-24-19)14-7-5-4-6-8-14/h4-10,13,15-16,18,26H,11-12H2,1-3H3,(H,23,24). The van der Waals surface area contributed by atoms with Crippen LogP contribution in [0, 0.1) is 5.92 Å². The lowest BCUT2D eigenvalue weighted by molar-refractivity contribution is -0.134. The number of hydroxylamine groups is 1. The van der Waals surface area contributed by atoms with Crippen molar-refractivity contribution < 1.29 is 19.3 Å². The van der Waals surface area contributed by atoms with Gasteiger partial charge in [-0.05, 0) is 12.8 Å². The first-order valence-electron chi connectivity index (χ1n) is 9.87. The van der Waals surface area contributed by atoms with Crippen LogP contribution in [-0.4, -0.2) is 45.6 Å². The number of β-amino-alcohol motifs (C(OH)–C–C–N with tert-alkyl or cyclic N) is 1. The van der Waals surface area contributed by atoms with Gasteiger partial charge in [0.15, 0.2) is 0 Å². The predicted molar refractivity (Wildman–Crippen MR) is 106 cm³/mol. The van der Waals surface area contributed by atoms with Crippen LogP contribution in [0.5, 0.6) is 0 Å². The Morgan fingerprint density at radius 3 is 2.72 bits per heavy atom. The van der Waals surface area contributed by atoms with Crippen molar-refractivity contribution in [2.75, 3.05) is 6.54 Å². The molecule has 154 valence electrons. The van der Waals surface area contributed by atoms with Gasteiger partial charge in [-0.25, -0.2) is 15.3 Å². The molecule has 2 aromatic rings. The summed E-state index contributed by atoms with van der Waals surface area (Å²) in [6.45, 7) is 6.04. The fourth-order valence-corrected chi connectivity index (χ4v) is 4.06. The summed E-state index contributed by atoms with van der Waals surface area (Å²) >= 11 is 0. The highest BCUT2D eigenvalue weighted by atomic mass is 16.7. The molecule has 0 aliphatic carbocycles. The second kappa shape index (κ2) is 7.61. The predicted octanol–water partition coefficient (Wildman–Crippen LogP) is 2.18. The van der Waals surface area contributed by atoms with Gasteiger partial charge in [-0.15, -0.1) is 0 Å². The number of amides is 1. The molecule has 8 heteroatoms. The quantitative estimate of drug-likeness (QED) is 0.801. The number of aliphatic hydroxyl groups is 1. The van der Waals surface area contributed by atoms with Crippen molar-refractivity contribution in [1.29, 1.82) is 0 Å². The molecule has 4 unspecified atom stereocenters. The van der Waals surface area contributed by atoms with Crippen LogP contribution in [0.25, 0.3) is 0 Å². The van der Waals surface area contributed by atoms with E-state index in [0.717, 1.165) is 5.56 Å². The fraction of sp³-hybridized carbons (Fsp3) is 0.476. The van der Waals surface area contributed by atoms with E-state index >= 15 is 0 Å². The molecule has 4 rings (SSSR count). The number of rotatable bonds is 5. The molecule has 1 saturated heterocycles. The highest BCUT2D eigenvalue weighted by Crippen LogP contribution is 2.34. The van der Waals surface area contributed by atoms with Crippen molar-refractivity contribution in [3.8, 4) is 0 Å². The molecular weight excluding hydrogens is 372 g/mol. The molecule has 0 radical (unpaired) electrons. The summed E-state index contributed by atoms with van der Waals surface area (Å²) in [4.78, 5) is 25.6. The van der Waals surface area contributed by atoms with E-state index in [1.165, 1.54) is 6.20 Å². The van der Waals surface area contributed by atoms with Gasteiger partial charge in [-0.2, -0.15) is 0 Å². The second-order valence-corrected chi connectivity index (χ2v) is 8.08. The van der Waals surface area contributed by atoms with Gasteiger partial charge in [-0.1, -0.05) is 49.3 Å². The normalized spacial score (nSPS) is 27.8. The van der Waals surface area contributed by atoms with Crippen LogP contribution < -0.4 is 5.48 Å². The highest BCUT2D eigenvalue weighted by Gasteiger charge is 2.45. The Balaban J connectivity index is 1.62. The van der Waals surface area contributed by atoms with E-state index in [4.69, 9.17) is 14.4 Å². The number of hydrogen-bond donors (Lipinski definition) is 2. The van der Waals surface area contributed by atoms with Crippen molar-refractivity contribution in [2.45, 2.75) is 51.0 Å². The Bertz CT molecular complexity index is 883. The van der Waals surface area contributed by atoms with E-state index in [1.54, 1.807) is 11.0 Å². The molecule has 1 amide bonds. The van der Waals surface area contributed by atoms with E-state index in [2.05, 4.69) is 10.6 Å². The molecule has 1 aromatic carbocycles. The summed E-state index contributed by atoms with van der Waals surface area (Å²) in [5.74, 6) is 0.487. The third-order valence-electron chi connectivity index (χ3n) is 5.57. The van der Waals surface area contributed by atoms with Crippen LogP contribution in [-0.2, 0) is 15.4 Å². The molecule has 2 N–H and O–H groups in total. The number of benzene rings is 1. The Morgan fingerprint density at radius 2 is 2.07 bits per heavy atom. The first-order valence-corrected chi connectivity index (χ1v) is 9.87. The summed E-state index contributed by atoms with van der Waals surface area (Å²) in [6, 6.07) is 11.0. The maximum atomic E-state index is 13.4. The Morgan fingerprint density at radius 1 is 1.31 bits per heavy atom. The zero-order valence-electron chi connectivity index (χ0n) is 16.8. The van der Waals surface area contributed by atoms with Gasteiger partial charge in [0.1, 0.15) is 17.5 Å².